The van der Waals surface area contributed by atoms with Gasteiger partial charge in [0.1, 0.15) is 5.75 Å². The predicted octanol–water partition coefficient (Wildman–Crippen LogP) is 2.76. The van der Waals surface area contributed by atoms with Crippen LogP contribution in [0.15, 0.2) is 16.6 Å². The highest BCUT2D eigenvalue weighted by molar-refractivity contribution is 9.10. The van der Waals surface area contributed by atoms with Crippen molar-refractivity contribution in [3.8, 4) is 5.75 Å². The van der Waals surface area contributed by atoms with Crippen molar-refractivity contribution in [1.29, 1.82) is 0 Å². The number of rotatable bonds is 5. The molecule has 0 saturated heterocycles. The summed E-state index contributed by atoms with van der Waals surface area (Å²) in [5.41, 5.74) is 7.02. The Balaban J connectivity index is 2.76. The number of aliphatic hydroxyl groups is 1. The summed E-state index contributed by atoms with van der Waals surface area (Å²) in [6, 6.07) is 3.96. The topological polar surface area (TPSA) is 55.5 Å². The van der Waals surface area contributed by atoms with Crippen molar-refractivity contribution in [3.63, 3.8) is 0 Å². The SMILES string of the molecule is Cc1cc(Br)cc(CN)c1OCCC(C)(C)O. The zero-order chi connectivity index (χ0) is 13.1. The van der Waals surface area contributed by atoms with Crippen molar-refractivity contribution in [1.82, 2.24) is 0 Å². The van der Waals surface area contributed by atoms with E-state index < -0.39 is 5.60 Å². The van der Waals surface area contributed by atoms with Crippen molar-refractivity contribution in [2.24, 2.45) is 5.73 Å². The van der Waals surface area contributed by atoms with Crippen molar-refractivity contribution in [3.05, 3.63) is 27.7 Å². The standard InChI is InChI=1S/C13H20BrNO2/c1-9-6-11(14)7-10(8-15)12(9)17-5-4-13(2,3)16/h6-7,16H,4-5,8,15H2,1-3H3. The minimum Gasteiger partial charge on any atom is -0.493 e. The van der Waals surface area contributed by atoms with Gasteiger partial charge in [0, 0.05) is 23.0 Å². The fourth-order valence-corrected chi connectivity index (χ4v) is 2.18. The summed E-state index contributed by atoms with van der Waals surface area (Å²) < 4.78 is 6.73. The van der Waals surface area contributed by atoms with Crippen LogP contribution in [0.1, 0.15) is 31.4 Å². The Labute approximate surface area is 111 Å². The van der Waals surface area contributed by atoms with Gasteiger partial charge in [-0.1, -0.05) is 15.9 Å². The average Bonchev–Trinajstić information content (AvgIpc) is 2.18. The van der Waals surface area contributed by atoms with Gasteiger partial charge < -0.3 is 15.6 Å². The van der Waals surface area contributed by atoms with Crippen LogP contribution in [0.2, 0.25) is 0 Å². The zero-order valence-corrected chi connectivity index (χ0v) is 12.2. The summed E-state index contributed by atoms with van der Waals surface area (Å²) in [5.74, 6) is 0.833. The minimum absolute atomic E-state index is 0.443. The van der Waals surface area contributed by atoms with Crippen LogP contribution >= 0.6 is 15.9 Å². The molecule has 0 spiro atoms. The van der Waals surface area contributed by atoms with Crippen LogP contribution in [0.25, 0.3) is 0 Å². The molecule has 0 radical (unpaired) electrons. The van der Waals surface area contributed by atoms with E-state index in [9.17, 15) is 5.11 Å². The van der Waals surface area contributed by atoms with Crippen LogP contribution < -0.4 is 10.5 Å². The molecule has 0 amide bonds. The molecule has 0 aliphatic carbocycles. The van der Waals surface area contributed by atoms with Gasteiger partial charge in [0.05, 0.1) is 12.2 Å². The van der Waals surface area contributed by atoms with Gasteiger partial charge in [-0.3, -0.25) is 0 Å². The van der Waals surface area contributed by atoms with Gasteiger partial charge in [0.25, 0.3) is 0 Å². The molecule has 3 nitrogen and oxygen atoms in total. The van der Waals surface area contributed by atoms with E-state index in [1.54, 1.807) is 13.8 Å². The molecule has 96 valence electrons. The van der Waals surface area contributed by atoms with Gasteiger partial charge in [-0.2, -0.15) is 0 Å². The van der Waals surface area contributed by atoms with Crippen molar-refractivity contribution in [2.45, 2.75) is 39.3 Å². The van der Waals surface area contributed by atoms with Gasteiger partial charge in [-0.05, 0) is 38.5 Å². The third-order valence-corrected chi connectivity index (χ3v) is 2.95. The number of hydrogen-bond donors (Lipinski definition) is 2. The van der Waals surface area contributed by atoms with Gasteiger partial charge in [0.2, 0.25) is 0 Å². The van der Waals surface area contributed by atoms with Gasteiger partial charge in [0.15, 0.2) is 0 Å². The molecule has 1 rings (SSSR count). The Morgan fingerprint density at radius 3 is 2.59 bits per heavy atom. The fourth-order valence-electron chi connectivity index (χ4n) is 1.56. The molecule has 0 heterocycles. The van der Waals surface area contributed by atoms with Crippen LogP contribution in [-0.4, -0.2) is 17.3 Å². The van der Waals surface area contributed by atoms with Crippen LogP contribution in [0.3, 0.4) is 0 Å². The highest BCUT2D eigenvalue weighted by Crippen LogP contribution is 2.28. The normalized spacial score (nSPS) is 11.6. The summed E-state index contributed by atoms with van der Waals surface area (Å²) in [7, 11) is 0. The maximum absolute atomic E-state index is 9.62. The molecule has 1 aromatic carbocycles. The van der Waals surface area contributed by atoms with Crippen molar-refractivity contribution >= 4 is 15.9 Å². The van der Waals surface area contributed by atoms with Crippen LogP contribution in [0, 0.1) is 6.92 Å². The van der Waals surface area contributed by atoms with E-state index in [4.69, 9.17) is 10.5 Å². The highest BCUT2D eigenvalue weighted by atomic mass is 79.9. The Hall–Kier alpha value is -0.580. The van der Waals surface area contributed by atoms with Crippen LogP contribution in [0.5, 0.6) is 5.75 Å². The van der Waals surface area contributed by atoms with Gasteiger partial charge in [-0.25, -0.2) is 0 Å². The van der Waals surface area contributed by atoms with Crippen molar-refractivity contribution < 1.29 is 9.84 Å². The molecule has 0 fully saturated rings. The summed E-state index contributed by atoms with van der Waals surface area (Å²) >= 11 is 3.44. The van der Waals surface area contributed by atoms with E-state index in [1.807, 2.05) is 19.1 Å². The lowest BCUT2D eigenvalue weighted by atomic mass is 10.1. The number of hydrogen-bond acceptors (Lipinski definition) is 3. The first-order valence-corrected chi connectivity index (χ1v) is 6.47. The summed E-state index contributed by atoms with van der Waals surface area (Å²) in [6.07, 6.45) is 0.590. The lowest BCUT2D eigenvalue weighted by Crippen LogP contribution is -2.22. The first-order chi connectivity index (χ1) is 7.83. The summed E-state index contributed by atoms with van der Waals surface area (Å²) in [6.45, 7) is 6.46. The number of halogens is 1. The Bertz CT molecular complexity index is 386. The van der Waals surface area contributed by atoms with E-state index in [1.165, 1.54) is 0 Å². The Morgan fingerprint density at radius 2 is 2.06 bits per heavy atom. The van der Waals surface area contributed by atoms with Gasteiger partial charge in [-0.15, -0.1) is 0 Å². The molecular formula is C13H20BrNO2. The minimum atomic E-state index is -0.702. The molecule has 0 aliphatic heterocycles. The third kappa shape index (κ3) is 4.66. The van der Waals surface area contributed by atoms with E-state index >= 15 is 0 Å². The molecule has 0 aromatic heterocycles. The Morgan fingerprint density at radius 1 is 1.41 bits per heavy atom. The smallest absolute Gasteiger partial charge is 0.126 e. The van der Waals surface area contributed by atoms with E-state index in [2.05, 4.69) is 15.9 Å². The molecule has 0 atom stereocenters. The molecule has 3 N–H and O–H groups in total. The molecule has 17 heavy (non-hydrogen) atoms. The molecule has 4 heteroatoms. The second-order valence-electron chi connectivity index (χ2n) is 4.83. The number of benzene rings is 1. The molecular weight excluding hydrogens is 282 g/mol. The highest BCUT2D eigenvalue weighted by Gasteiger charge is 2.14. The molecule has 0 bridgehead atoms. The van der Waals surface area contributed by atoms with E-state index in [0.717, 1.165) is 21.3 Å². The quantitative estimate of drug-likeness (QED) is 0.879. The predicted molar refractivity (Wildman–Crippen MR) is 73.2 cm³/mol. The van der Waals surface area contributed by atoms with Gasteiger partial charge >= 0.3 is 0 Å². The second kappa shape index (κ2) is 5.85. The average molecular weight is 302 g/mol. The first-order valence-electron chi connectivity index (χ1n) is 5.68. The maximum Gasteiger partial charge on any atom is 0.126 e. The molecule has 0 unspecified atom stereocenters. The molecule has 0 aliphatic rings. The fraction of sp³-hybridized carbons (Fsp3) is 0.538. The second-order valence-corrected chi connectivity index (χ2v) is 5.74. The largest absolute Gasteiger partial charge is 0.493 e. The lowest BCUT2D eigenvalue weighted by molar-refractivity contribution is 0.0551. The zero-order valence-electron chi connectivity index (χ0n) is 10.6. The van der Waals surface area contributed by atoms with Crippen molar-refractivity contribution in [2.75, 3.05) is 6.61 Å². The number of aryl methyl sites for hydroxylation is 1. The maximum atomic E-state index is 9.62. The molecule has 1 aromatic rings. The lowest BCUT2D eigenvalue weighted by Gasteiger charge is -2.19. The number of ether oxygens (including phenoxy) is 1. The van der Waals surface area contributed by atoms with Crippen LogP contribution in [-0.2, 0) is 6.54 Å². The summed E-state index contributed by atoms with van der Waals surface area (Å²) in [5, 5.41) is 9.62. The Kier molecular flexibility index (Phi) is 4.98. The molecule has 0 saturated carbocycles. The first kappa shape index (κ1) is 14.5. The monoisotopic (exact) mass is 301 g/mol. The van der Waals surface area contributed by atoms with Crippen LogP contribution in [0.4, 0.5) is 0 Å². The van der Waals surface area contributed by atoms with E-state index in [-0.39, 0.29) is 0 Å². The van der Waals surface area contributed by atoms with E-state index in [0.29, 0.717) is 19.6 Å². The third-order valence-electron chi connectivity index (χ3n) is 2.50. The summed E-state index contributed by atoms with van der Waals surface area (Å²) in [4.78, 5) is 0. The number of nitrogens with two attached hydrogens (primary N) is 1.